The topological polar surface area (TPSA) is 137 Å². The zero-order valence-electron chi connectivity index (χ0n) is 28.9. The van der Waals surface area contributed by atoms with Crippen molar-refractivity contribution < 1.29 is 28.2 Å². The first-order valence-electron chi connectivity index (χ1n) is 17.4. The van der Waals surface area contributed by atoms with Crippen molar-refractivity contribution in [2.45, 2.75) is 38.6 Å². The number of benzene rings is 2. The van der Waals surface area contributed by atoms with Gasteiger partial charge in [0.25, 0.3) is 0 Å². The SMILES string of the molecule is C#Cc1c(F)ccc2cc(O)cc(-c3ncc4c(N5CCC[C@](C)(C#N)[C@@H](NC(=O)C=C)C5)nc(OCC5(CN6CCOCC6)CC5)nc4c3F)c12. The number of nitrogens with zero attached hydrogens (tertiary/aromatic N) is 6. The maximum absolute atomic E-state index is 17.0. The first-order chi connectivity index (χ1) is 25.1. The van der Waals surface area contributed by atoms with Crippen LogP contribution in [0.5, 0.6) is 11.8 Å². The van der Waals surface area contributed by atoms with E-state index in [2.05, 4.69) is 38.8 Å². The number of hydrogen-bond donors (Lipinski definition) is 2. The first kappa shape index (κ1) is 35.1. The fraction of sp³-hybridized carbons (Fsp3) is 0.410. The van der Waals surface area contributed by atoms with Crippen LogP contribution >= 0.6 is 0 Å². The summed E-state index contributed by atoms with van der Waals surface area (Å²) < 4.78 is 43.8. The lowest BCUT2D eigenvalue weighted by molar-refractivity contribution is -0.117. The van der Waals surface area contributed by atoms with Crippen LogP contribution in [0.4, 0.5) is 14.6 Å². The number of terminal acetylenes is 1. The van der Waals surface area contributed by atoms with Gasteiger partial charge in [0.15, 0.2) is 5.82 Å². The number of phenols is 1. The summed E-state index contributed by atoms with van der Waals surface area (Å²) in [6, 6.07) is 7.11. The highest BCUT2D eigenvalue weighted by Crippen LogP contribution is 2.47. The monoisotopic (exact) mass is 707 g/mol. The Labute approximate surface area is 300 Å². The van der Waals surface area contributed by atoms with E-state index in [1.165, 1.54) is 30.5 Å². The Morgan fingerprint density at radius 3 is 2.73 bits per heavy atom. The minimum Gasteiger partial charge on any atom is -0.508 e. The lowest BCUT2D eigenvalue weighted by atomic mass is 9.80. The van der Waals surface area contributed by atoms with Crippen LogP contribution in [0.1, 0.15) is 38.2 Å². The van der Waals surface area contributed by atoms with E-state index in [-0.39, 0.29) is 56.8 Å². The molecule has 0 radical (unpaired) electrons. The Balaban J connectivity index is 1.34. The molecule has 52 heavy (non-hydrogen) atoms. The molecular formula is C39H39F2N7O4. The van der Waals surface area contributed by atoms with Gasteiger partial charge in [-0.2, -0.15) is 15.2 Å². The average molecular weight is 708 g/mol. The van der Waals surface area contributed by atoms with E-state index in [0.29, 0.717) is 50.4 Å². The number of aromatic nitrogens is 3. The normalized spacial score (nSPS) is 21.6. The van der Waals surface area contributed by atoms with Gasteiger partial charge in [0.05, 0.1) is 48.3 Å². The molecule has 1 amide bonds. The lowest BCUT2D eigenvalue weighted by Crippen LogP contribution is -2.50. The molecule has 7 rings (SSSR count). The van der Waals surface area contributed by atoms with E-state index >= 15 is 4.39 Å². The number of fused-ring (bicyclic) bond motifs is 2. The average Bonchev–Trinajstić information content (AvgIpc) is 3.94. The molecule has 1 aliphatic carbocycles. The Morgan fingerprint density at radius 1 is 1.23 bits per heavy atom. The van der Waals surface area contributed by atoms with Crippen molar-refractivity contribution in [3.63, 3.8) is 0 Å². The van der Waals surface area contributed by atoms with Crippen molar-refractivity contribution in [1.29, 1.82) is 5.26 Å². The molecule has 2 aliphatic heterocycles. The molecule has 2 saturated heterocycles. The smallest absolute Gasteiger partial charge is 0.319 e. The number of rotatable bonds is 9. The zero-order chi connectivity index (χ0) is 36.6. The van der Waals surface area contributed by atoms with Gasteiger partial charge in [-0.15, -0.1) is 6.42 Å². The fourth-order valence-corrected chi connectivity index (χ4v) is 7.33. The number of nitriles is 1. The van der Waals surface area contributed by atoms with E-state index < -0.39 is 29.0 Å². The number of amides is 1. The predicted octanol–water partition coefficient (Wildman–Crippen LogP) is 5.10. The molecule has 3 fully saturated rings. The summed E-state index contributed by atoms with van der Waals surface area (Å²) in [5, 5.41) is 24.6. The van der Waals surface area contributed by atoms with Crippen molar-refractivity contribution in [2.75, 3.05) is 57.4 Å². The van der Waals surface area contributed by atoms with E-state index in [9.17, 15) is 19.6 Å². The molecule has 0 unspecified atom stereocenters. The number of morpholine rings is 1. The van der Waals surface area contributed by atoms with Crippen molar-refractivity contribution in [3.8, 4) is 41.4 Å². The molecule has 4 aromatic rings. The number of carbonyl (C=O) groups excluding carboxylic acids is 1. The summed E-state index contributed by atoms with van der Waals surface area (Å²) in [5.41, 5.74) is -1.28. The van der Waals surface area contributed by atoms with Gasteiger partial charge in [-0.05, 0) is 62.3 Å². The van der Waals surface area contributed by atoms with Crippen molar-refractivity contribution in [3.05, 3.63) is 60.3 Å². The minimum atomic E-state index is -0.898. The number of halogens is 2. The molecule has 2 N–H and O–H groups in total. The molecule has 0 spiro atoms. The van der Waals surface area contributed by atoms with Crippen molar-refractivity contribution in [2.24, 2.45) is 10.8 Å². The second-order valence-electron chi connectivity index (χ2n) is 14.2. The van der Waals surface area contributed by atoms with Gasteiger partial charge in [0.1, 0.15) is 28.6 Å². The van der Waals surface area contributed by atoms with Gasteiger partial charge >= 0.3 is 6.01 Å². The highest BCUT2D eigenvalue weighted by molar-refractivity contribution is 6.03. The largest absolute Gasteiger partial charge is 0.508 e. The number of carbonyl (C=O) groups is 1. The summed E-state index contributed by atoms with van der Waals surface area (Å²) in [7, 11) is 0. The van der Waals surface area contributed by atoms with Crippen molar-refractivity contribution in [1.82, 2.24) is 25.2 Å². The number of nitrogens with one attached hydrogen (secondary N) is 1. The van der Waals surface area contributed by atoms with Gasteiger partial charge < -0.3 is 24.8 Å². The molecule has 1 saturated carbocycles. The maximum atomic E-state index is 17.0. The molecule has 268 valence electrons. The second-order valence-corrected chi connectivity index (χ2v) is 14.2. The van der Waals surface area contributed by atoms with E-state index in [1.54, 1.807) is 6.92 Å². The van der Waals surface area contributed by atoms with Crippen LogP contribution in [-0.4, -0.2) is 89.5 Å². The van der Waals surface area contributed by atoms with Crippen LogP contribution in [0.25, 0.3) is 32.9 Å². The van der Waals surface area contributed by atoms with Gasteiger partial charge in [-0.25, -0.2) is 8.78 Å². The highest BCUT2D eigenvalue weighted by Gasteiger charge is 2.45. The molecule has 2 aromatic carbocycles. The summed E-state index contributed by atoms with van der Waals surface area (Å²) in [6.45, 7) is 10.2. The van der Waals surface area contributed by atoms with Crippen molar-refractivity contribution >= 4 is 33.4 Å². The Morgan fingerprint density at radius 2 is 2.02 bits per heavy atom. The Bertz CT molecular complexity index is 2160. The molecule has 2 aromatic heterocycles. The number of anilines is 1. The number of hydrogen-bond acceptors (Lipinski definition) is 10. The maximum Gasteiger partial charge on any atom is 0.319 e. The zero-order valence-corrected chi connectivity index (χ0v) is 28.9. The molecule has 0 bridgehead atoms. The Kier molecular flexibility index (Phi) is 9.42. The van der Waals surface area contributed by atoms with Gasteiger partial charge in [0.2, 0.25) is 5.91 Å². The number of aromatic hydroxyl groups is 1. The van der Waals surface area contributed by atoms with Crippen LogP contribution in [0, 0.1) is 46.1 Å². The van der Waals surface area contributed by atoms with E-state index in [0.717, 1.165) is 38.6 Å². The molecule has 2 atom stereocenters. The lowest BCUT2D eigenvalue weighted by Gasteiger charge is -2.33. The van der Waals surface area contributed by atoms with Crippen LogP contribution in [0.15, 0.2) is 43.1 Å². The van der Waals surface area contributed by atoms with Crippen LogP contribution in [0.2, 0.25) is 0 Å². The van der Waals surface area contributed by atoms with Gasteiger partial charge in [-0.3, -0.25) is 14.7 Å². The quantitative estimate of drug-likeness (QED) is 0.179. The highest BCUT2D eigenvalue weighted by atomic mass is 19.1. The van der Waals surface area contributed by atoms with Crippen LogP contribution < -0.4 is 15.0 Å². The summed E-state index contributed by atoms with van der Waals surface area (Å²) in [6.07, 6.45) is 11.3. The summed E-state index contributed by atoms with van der Waals surface area (Å²) in [4.78, 5) is 30.7. The third-order valence-corrected chi connectivity index (χ3v) is 10.6. The van der Waals surface area contributed by atoms with Crippen LogP contribution in [-0.2, 0) is 9.53 Å². The number of ether oxygens (including phenoxy) is 2. The summed E-state index contributed by atoms with van der Waals surface area (Å²) in [5.74, 6) is 0.580. The third-order valence-electron chi connectivity index (χ3n) is 10.6. The van der Waals surface area contributed by atoms with E-state index in [1.807, 2.05) is 4.90 Å². The van der Waals surface area contributed by atoms with Gasteiger partial charge in [-0.1, -0.05) is 18.6 Å². The molecule has 13 heteroatoms. The predicted molar refractivity (Wildman–Crippen MR) is 192 cm³/mol. The third kappa shape index (κ3) is 6.70. The first-order valence-corrected chi connectivity index (χ1v) is 17.4. The minimum absolute atomic E-state index is 0.0399. The summed E-state index contributed by atoms with van der Waals surface area (Å²) >= 11 is 0. The molecular weight excluding hydrogens is 668 g/mol. The molecule has 4 heterocycles. The number of phenolic OH excluding ortho intramolecular Hbond substituents is 1. The fourth-order valence-electron chi connectivity index (χ4n) is 7.33. The number of pyridine rings is 1. The standard InChI is InChI=1S/C39H39F2N7O4/c1-4-26-29(40)8-7-24-17-25(49)18-27(32(24)26)34-33(41)35-28(19-43-34)36(48-12-6-9-38(3,21-42)30(20-48)44-31(50)5-2)46-37(45-35)52-23-39(10-11-39)22-47-13-15-51-16-14-47/h1,5,7-8,17-19,30,49H,2,6,9-16,20,22-23H2,3H3,(H,44,50)/t30-,38+/m0/s1. The van der Waals surface area contributed by atoms with Gasteiger partial charge in [0, 0.05) is 55.3 Å². The second kappa shape index (κ2) is 14.0. The molecule has 11 nitrogen and oxygen atoms in total. The van der Waals surface area contributed by atoms with E-state index in [4.69, 9.17) is 20.9 Å². The van der Waals surface area contributed by atoms with Crippen LogP contribution in [0.3, 0.4) is 0 Å². The molecule has 3 aliphatic rings. The Hall–Kier alpha value is -5.37.